The summed E-state index contributed by atoms with van der Waals surface area (Å²) in [4.78, 5) is 15.3. The first-order valence-corrected chi connectivity index (χ1v) is 17.5. The third-order valence-electron chi connectivity index (χ3n) is 9.48. The minimum Gasteiger partial charge on any atom is -0.308 e. The number of thiophene rings is 1. The average molecular weight is 657 g/mol. The quantitative estimate of drug-likeness (QED) is 0.185. The molecule has 0 unspecified atom stereocenters. The van der Waals surface area contributed by atoms with Gasteiger partial charge in [0.15, 0.2) is 17.5 Å². The van der Waals surface area contributed by atoms with E-state index in [4.69, 9.17) is 15.0 Å². The van der Waals surface area contributed by atoms with Crippen molar-refractivity contribution < 1.29 is 0 Å². The van der Waals surface area contributed by atoms with E-state index >= 15 is 0 Å². The second-order valence-corrected chi connectivity index (χ2v) is 13.5. The van der Waals surface area contributed by atoms with E-state index < -0.39 is 0 Å². The minimum absolute atomic E-state index is 0.629. The molecule has 10 aromatic rings. The zero-order chi connectivity index (χ0) is 33.0. The fourth-order valence-corrected chi connectivity index (χ4v) is 8.29. The van der Waals surface area contributed by atoms with Gasteiger partial charge in [-0.25, -0.2) is 15.0 Å². The first-order valence-electron chi connectivity index (χ1n) is 16.7. The van der Waals surface area contributed by atoms with Crippen molar-refractivity contribution >= 4 is 53.3 Å². The van der Waals surface area contributed by atoms with E-state index in [1.807, 2.05) is 35.6 Å². The Kier molecular flexibility index (Phi) is 6.64. The molecule has 0 radical (unpaired) electrons. The maximum Gasteiger partial charge on any atom is 0.166 e. The number of hydrogen-bond donors (Lipinski definition) is 0. The maximum atomic E-state index is 5.18. The van der Waals surface area contributed by atoms with E-state index in [2.05, 4.69) is 150 Å². The Morgan fingerprint density at radius 2 is 0.920 bits per heavy atom. The molecule has 10 rings (SSSR count). The van der Waals surface area contributed by atoms with Crippen molar-refractivity contribution in [3.63, 3.8) is 0 Å². The third kappa shape index (κ3) is 4.63. The lowest BCUT2D eigenvalue weighted by atomic mass is 10.0. The van der Waals surface area contributed by atoms with Gasteiger partial charge in [0.1, 0.15) is 0 Å². The highest BCUT2D eigenvalue weighted by atomic mass is 32.1. The van der Waals surface area contributed by atoms with Crippen LogP contribution in [-0.2, 0) is 0 Å². The molecule has 0 aliphatic carbocycles. The Balaban J connectivity index is 1.21. The molecule has 0 saturated carbocycles. The van der Waals surface area contributed by atoms with Crippen LogP contribution in [0, 0.1) is 0 Å². The average Bonchev–Trinajstić information content (AvgIpc) is 3.74. The van der Waals surface area contributed by atoms with Crippen molar-refractivity contribution in [2.24, 2.45) is 0 Å². The van der Waals surface area contributed by atoms with E-state index in [-0.39, 0.29) is 0 Å². The Morgan fingerprint density at radius 3 is 1.70 bits per heavy atom. The second kappa shape index (κ2) is 11.6. The van der Waals surface area contributed by atoms with Crippen LogP contribution in [0.25, 0.3) is 93.0 Å². The summed E-state index contributed by atoms with van der Waals surface area (Å²) in [6.45, 7) is 0. The van der Waals surface area contributed by atoms with Crippen LogP contribution in [0.2, 0.25) is 0 Å². The molecular weight excluding hydrogens is 629 g/mol. The number of benzene rings is 7. The summed E-state index contributed by atoms with van der Waals surface area (Å²) in [6.07, 6.45) is 0. The molecule has 0 atom stereocenters. The van der Waals surface area contributed by atoms with Crippen molar-refractivity contribution in [1.82, 2.24) is 19.5 Å². The molecular formula is C45H28N4S. The van der Waals surface area contributed by atoms with Crippen LogP contribution in [0.5, 0.6) is 0 Å². The molecule has 0 amide bonds. The summed E-state index contributed by atoms with van der Waals surface area (Å²) < 4.78 is 4.98. The van der Waals surface area contributed by atoms with Crippen molar-refractivity contribution in [1.29, 1.82) is 0 Å². The summed E-state index contributed by atoms with van der Waals surface area (Å²) >= 11 is 1.85. The van der Waals surface area contributed by atoms with Crippen LogP contribution in [0.4, 0.5) is 0 Å². The Morgan fingerprint density at radius 1 is 0.360 bits per heavy atom. The van der Waals surface area contributed by atoms with Gasteiger partial charge >= 0.3 is 0 Å². The zero-order valence-corrected chi connectivity index (χ0v) is 27.7. The minimum atomic E-state index is 0.629. The van der Waals surface area contributed by atoms with Crippen molar-refractivity contribution in [3.8, 4) is 51.0 Å². The molecule has 0 N–H and O–H groups in total. The molecule has 0 saturated heterocycles. The first kappa shape index (κ1) is 28.6. The van der Waals surface area contributed by atoms with Crippen LogP contribution in [0.15, 0.2) is 170 Å². The summed E-state index contributed by atoms with van der Waals surface area (Å²) in [5, 5.41) is 5.10. The molecule has 5 heteroatoms. The number of rotatable bonds is 5. The van der Waals surface area contributed by atoms with Crippen LogP contribution in [0.3, 0.4) is 0 Å². The monoisotopic (exact) mass is 656 g/mol. The van der Waals surface area contributed by atoms with Gasteiger partial charge in [-0.3, -0.25) is 0 Å². The molecule has 0 spiro atoms. The third-order valence-corrected chi connectivity index (χ3v) is 10.6. The molecule has 0 bridgehead atoms. The number of aromatic nitrogens is 4. The standard InChI is InChI=1S/C45H28N4S/c1-3-13-29(14-4-1)30-23-25-32(26-24-30)44-46-43(31-15-5-2-6-16-31)47-45(48-44)34-18-8-11-21-37(34)49-36-20-10-7-17-33(36)41-38(49)27-28-40-42(41)35-19-9-12-22-39(35)50-40/h1-28H. The molecule has 3 heterocycles. The fourth-order valence-electron chi connectivity index (χ4n) is 7.18. The highest BCUT2D eigenvalue weighted by Gasteiger charge is 2.21. The van der Waals surface area contributed by atoms with Crippen molar-refractivity contribution in [3.05, 3.63) is 170 Å². The van der Waals surface area contributed by atoms with E-state index in [0.717, 1.165) is 39.0 Å². The number of para-hydroxylation sites is 2. The van der Waals surface area contributed by atoms with Gasteiger partial charge in [-0.1, -0.05) is 133 Å². The number of nitrogens with zero attached hydrogens (tertiary/aromatic N) is 4. The predicted octanol–water partition coefficient (Wildman–Crippen LogP) is 12.0. The highest BCUT2D eigenvalue weighted by Crippen LogP contribution is 2.44. The first-order chi connectivity index (χ1) is 24.8. The maximum absolute atomic E-state index is 5.18. The van der Waals surface area contributed by atoms with Gasteiger partial charge in [0, 0.05) is 47.6 Å². The lowest BCUT2D eigenvalue weighted by Gasteiger charge is -2.14. The van der Waals surface area contributed by atoms with Crippen LogP contribution < -0.4 is 0 Å². The van der Waals surface area contributed by atoms with Gasteiger partial charge in [-0.15, -0.1) is 11.3 Å². The van der Waals surface area contributed by atoms with Gasteiger partial charge < -0.3 is 4.57 Å². The lowest BCUT2D eigenvalue weighted by Crippen LogP contribution is -2.03. The van der Waals surface area contributed by atoms with E-state index in [1.165, 1.54) is 36.5 Å². The van der Waals surface area contributed by atoms with Crippen LogP contribution in [0.1, 0.15) is 0 Å². The number of hydrogen-bond acceptors (Lipinski definition) is 4. The molecule has 234 valence electrons. The lowest BCUT2D eigenvalue weighted by molar-refractivity contribution is 1.06. The summed E-state index contributed by atoms with van der Waals surface area (Å²) in [5.41, 5.74) is 8.46. The van der Waals surface area contributed by atoms with Gasteiger partial charge in [0.05, 0.1) is 16.7 Å². The Labute approximate surface area is 292 Å². The zero-order valence-electron chi connectivity index (χ0n) is 26.9. The molecule has 0 aliphatic rings. The molecule has 7 aromatic carbocycles. The Bertz CT molecular complexity index is 2850. The molecule has 3 aromatic heterocycles. The van der Waals surface area contributed by atoms with Crippen molar-refractivity contribution in [2.45, 2.75) is 0 Å². The largest absolute Gasteiger partial charge is 0.308 e. The predicted molar refractivity (Wildman–Crippen MR) is 209 cm³/mol. The SMILES string of the molecule is c1ccc(-c2ccc(-c3nc(-c4ccccc4)nc(-c4ccccc4-n4c5ccccc5c5c6c(ccc54)sc4ccccc46)n3)cc2)cc1. The highest BCUT2D eigenvalue weighted by molar-refractivity contribution is 7.26. The van der Waals surface area contributed by atoms with Gasteiger partial charge in [0.2, 0.25) is 0 Å². The van der Waals surface area contributed by atoms with Crippen molar-refractivity contribution in [2.75, 3.05) is 0 Å². The summed E-state index contributed by atoms with van der Waals surface area (Å²) in [6, 6.07) is 59.5. The molecule has 0 fully saturated rings. The Hall–Kier alpha value is -6.43. The van der Waals surface area contributed by atoms with Crippen LogP contribution >= 0.6 is 11.3 Å². The van der Waals surface area contributed by atoms with E-state index in [1.54, 1.807) is 0 Å². The summed E-state index contributed by atoms with van der Waals surface area (Å²) in [5.74, 6) is 1.91. The smallest absolute Gasteiger partial charge is 0.166 e. The molecule has 50 heavy (non-hydrogen) atoms. The van der Waals surface area contributed by atoms with Gasteiger partial charge in [-0.2, -0.15) is 0 Å². The topological polar surface area (TPSA) is 43.6 Å². The molecule has 0 aliphatic heterocycles. The fraction of sp³-hybridized carbons (Fsp3) is 0. The molecule has 4 nitrogen and oxygen atoms in total. The van der Waals surface area contributed by atoms with Gasteiger partial charge in [0.25, 0.3) is 0 Å². The van der Waals surface area contributed by atoms with E-state index in [0.29, 0.717) is 17.5 Å². The normalized spacial score (nSPS) is 11.6. The van der Waals surface area contributed by atoms with E-state index in [9.17, 15) is 0 Å². The van der Waals surface area contributed by atoms with Gasteiger partial charge in [-0.05, 0) is 47.5 Å². The second-order valence-electron chi connectivity index (χ2n) is 12.4. The van der Waals surface area contributed by atoms with Crippen LogP contribution in [-0.4, -0.2) is 19.5 Å². The number of fused-ring (bicyclic) bond motifs is 7. The summed E-state index contributed by atoms with van der Waals surface area (Å²) in [7, 11) is 0.